The van der Waals surface area contributed by atoms with Crippen molar-refractivity contribution in [3.05, 3.63) is 89.9 Å². The van der Waals surface area contributed by atoms with Gasteiger partial charge in [0.15, 0.2) is 0 Å². The molecule has 44 heavy (non-hydrogen) atoms. The minimum absolute atomic E-state index is 0.0516. The van der Waals surface area contributed by atoms with E-state index in [1.54, 1.807) is 6.20 Å². The molecule has 3 aromatic rings. The average Bonchev–Trinajstić information content (AvgIpc) is 3.53. The Bertz CT molecular complexity index is 1480. The highest BCUT2D eigenvalue weighted by Gasteiger charge is 2.38. The normalized spacial score (nSPS) is 14.0. The van der Waals surface area contributed by atoms with Crippen LogP contribution in [0.2, 0.25) is 0 Å². The van der Waals surface area contributed by atoms with Crippen molar-refractivity contribution in [3.8, 4) is 11.3 Å². The molecular weight excluding hydrogens is 564 g/mol. The number of unbranched alkanes of at least 4 members (excludes halogenated alkanes) is 2. The molecule has 1 atom stereocenters. The molecule has 1 aromatic heterocycles. The van der Waals surface area contributed by atoms with E-state index >= 15 is 0 Å². The highest BCUT2D eigenvalue weighted by Crippen LogP contribution is 2.40. The second-order valence-electron chi connectivity index (χ2n) is 12.2. The lowest BCUT2D eigenvalue weighted by molar-refractivity contribution is -0.138. The summed E-state index contributed by atoms with van der Waals surface area (Å²) in [6, 6.07) is 12.6. The van der Waals surface area contributed by atoms with Crippen molar-refractivity contribution in [1.82, 2.24) is 19.4 Å². The number of hydrogen-bond acceptors (Lipinski definition) is 5. The fourth-order valence-electron chi connectivity index (χ4n) is 5.55. The van der Waals surface area contributed by atoms with E-state index in [9.17, 15) is 23.2 Å². The molecule has 0 fully saturated rings. The fraction of sp³-hybridized carbons (Fsp3) is 0.412. The summed E-state index contributed by atoms with van der Waals surface area (Å²) >= 11 is 0. The largest absolute Gasteiger partial charge is 0.332 e. The van der Waals surface area contributed by atoms with Gasteiger partial charge in [-0.15, -0.1) is 0 Å². The molecule has 1 unspecified atom stereocenters. The van der Waals surface area contributed by atoms with Crippen molar-refractivity contribution in [2.45, 2.75) is 65.5 Å². The Morgan fingerprint density at radius 2 is 1.68 bits per heavy atom. The van der Waals surface area contributed by atoms with Crippen LogP contribution < -0.4 is 5.73 Å². The standard InChI is InChI=1S/C34H41F2N5O3/c1-34(2,3)32(41(20-10-18-37)29(42)13-8-5-9-19-40-30(43)16-17-31(40)44)33-38-28(26-21-25(35)14-15-27(26)36)23-39(33)22-24-11-6-4-7-12-24/h4,6-7,11-12,14-17,21,23,32H,5,8-10,13,18-20,22,37H2,1-3H3. The van der Waals surface area contributed by atoms with Crippen LogP contribution in [-0.4, -0.2) is 56.7 Å². The van der Waals surface area contributed by atoms with E-state index in [0.29, 0.717) is 57.7 Å². The first-order valence-electron chi connectivity index (χ1n) is 15.1. The number of nitrogens with two attached hydrogens (primary N) is 1. The van der Waals surface area contributed by atoms with Gasteiger partial charge in [-0.25, -0.2) is 13.8 Å². The number of amides is 3. The van der Waals surface area contributed by atoms with Crippen LogP contribution in [0.1, 0.15) is 70.3 Å². The Labute approximate surface area is 257 Å². The summed E-state index contributed by atoms with van der Waals surface area (Å²) in [5.74, 6) is -1.27. The van der Waals surface area contributed by atoms with Gasteiger partial charge in [0.2, 0.25) is 5.91 Å². The quantitative estimate of drug-likeness (QED) is 0.190. The molecule has 8 nitrogen and oxygen atoms in total. The predicted octanol–water partition coefficient (Wildman–Crippen LogP) is 5.63. The maximum atomic E-state index is 14.9. The van der Waals surface area contributed by atoms with Crippen LogP contribution in [-0.2, 0) is 20.9 Å². The van der Waals surface area contributed by atoms with Crippen molar-refractivity contribution in [2.24, 2.45) is 11.1 Å². The zero-order valence-electron chi connectivity index (χ0n) is 25.6. The topological polar surface area (TPSA) is 102 Å². The third kappa shape index (κ3) is 8.05. The Balaban J connectivity index is 1.63. The summed E-state index contributed by atoms with van der Waals surface area (Å²) in [7, 11) is 0. The molecule has 0 aliphatic carbocycles. The number of benzene rings is 2. The van der Waals surface area contributed by atoms with Crippen LogP contribution in [0.25, 0.3) is 11.3 Å². The average molecular weight is 606 g/mol. The van der Waals surface area contributed by atoms with Crippen molar-refractivity contribution < 1.29 is 23.2 Å². The molecule has 10 heteroatoms. The second kappa shape index (κ2) is 14.5. The molecule has 0 spiro atoms. The molecule has 2 N–H and O–H groups in total. The van der Waals surface area contributed by atoms with E-state index in [-0.39, 0.29) is 35.4 Å². The molecule has 2 heterocycles. The smallest absolute Gasteiger partial charge is 0.253 e. The summed E-state index contributed by atoms with van der Waals surface area (Å²) in [4.78, 5) is 45.4. The minimum Gasteiger partial charge on any atom is -0.332 e. The number of carbonyl (C=O) groups is 3. The molecule has 4 rings (SSSR count). The van der Waals surface area contributed by atoms with E-state index in [2.05, 4.69) is 0 Å². The molecule has 0 saturated heterocycles. The summed E-state index contributed by atoms with van der Waals surface area (Å²) in [5.41, 5.74) is 6.74. The Kier molecular flexibility index (Phi) is 10.8. The summed E-state index contributed by atoms with van der Waals surface area (Å²) in [6.07, 6.45) is 6.95. The molecule has 1 aliphatic rings. The first-order chi connectivity index (χ1) is 21.0. The lowest BCUT2D eigenvalue weighted by atomic mass is 9.84. The van der Waals surface area contributed by atoms with Crippen molar-refractivity contribution in [1.29, 1.82) is 0 Å². The van der Waals surface area contributed by atoms with Gasteiger partial charge < -0.3 is 15.2 Å². The van der Waals surface area contributed by atoms with Gasteiger partial charge in [-0.3, -0.25) is 19.3 Å². The summed E-state index contributed by atoms with van der Waals surface area (Å²) in [5, 5.41) is 0. The number of halogens is 2. The molecule has 0 saturated carbocycles. The van der Waals surface area contributed by atoms with Crippen LogP contribution in [0.15, 0.2) is 66.9 Å². The first kappa shape index (κ1) is 32.7. The van der Waals surface area contributed by atoms with Gasteiger partial charge in [-0.1, -0.05) is 57.5 Å². The van der Waals surface area contributed by atoms with E-state index in [0.717, 1.165) is 23.8 Å². The zero-order valence-corrected chi connectivity index (χ0v) is 25.6. The number of nitrogens with zero attached hydrogens (tertiary/aromatic N) is 4. The highest BCUT2D eigenvalue weighted by molar-refractivity contribution is 6.12. The van der Waals surface area contributed by atoms with Crippen molar-refractivity contribution in [3.63, 3.8) is 0 Å². The van der Waals surface area contributed by atoms with Crippen LogP contribution in [0.5, 0.6) is 0 Å². The predicted molar refractivity (Wildman–Crippen MR) is 165 cm³/mol. The molecule has 234 valence electrons. The van der Waals surface area contributed by atoms with Crippen molar-refractivity contribution in [2.75, 3.05) is 19.6 Å². The SMILES string of the molecule is CC(C)(C)C(c1nc(-c2cc(F)ccc2F)cn1Cc1ccccc1)N(CCCN)C(=O)CCCCCN1C(=O)C=CC1=O. The number of imidazole rings is 1. The Hall–Kier alpha value is -4.18. The van der Waals surface area contributed by atoms with E-state index in [1.807, 2.05) is 60.6 Å². The third-order valence-electron chi connectivity index (χ3n) is 7.68. The molecule has 2 aromatic carbocycles. The van der Waals surface area contributed by atoms with Crippen LogP contribution in [0, 0.1) is 17.0 Å². The van der Waals surface area contributed by atoms with Crippen molar-refractivity contribution >= 4 is 17.7 Å². The van der Waals surface area contributed by atoms with Gasteiger partial charge in [0, 0.05) is 50.0 Å². The molecule has 3 amide bonds. The molecular formula is C34H41F2N5O3. The second-order valence-corrected chi connectivity index (χ2v) is 12.2. The lowest BCUT2D eigenvalue weighted by Crippen LogP contribution is -2.43. The number of imide groups is 1. The Morgan fingerprint density at radius 3 is 2.34 bits per heavy atom. The van der Waals surface area contributed by atoms with E-state index in [4.69, 9.17) is 10.7 Å². The molecule has 0 bridgehead atoms. The Morgan fingerprint density at radius 1 is 0.977 bits per heavy atom. The van der Waals surface area contributed by atoms with Gasteiger partial charge in [-0.05, 0) is 55.0 Å². The molecule has 0 radical (unpaired) electrons. The van der Waals surface area contributed by atoms with Crippen LogP contribution in [0.3, 0.4) is 0 Å². The van der Waals surface area contributed by atoms with Crippen LogP contribution in [0.4, 0.5) is 8.78 Å². The van der Waals surface area contributed by atoms with Crippen LogP contribution >= 0.6 is 0 Å². The number of aromatic nitrogens is 2. The first-order valence-corrected chi connectivity index (χ1v) is 15.1. The van der Waals surface area contributed by atoms with Gasteiger partial charge >= 0.3 is 0 Å². The number of carbonyl (C=O) groups excluding carboxylic acids is 3. The minimum atomic E-state index is -0.584. The third-order valence-corrected chi connectivity index (χ3v) is 7.68. The zero-order chi connectivity index (χ0) is 31.9. The maximum absolute atomic E-state index is 14.9. The number of hydrogen-bond donors (Lipinski definition) is 1. The van der Waals surface area contributed by atoms with Gasteiger partial charge in [0.25, 0.3) is 11.8 Å². The van der Waals surface area contributed by atoms with Gasteiger partial charge in [0.05, 0.1) is 11.7 Å². The molecule has 1 aliphatic heterocycles. The monoisotopic (exact) mass is 605 g/mol. The summed E-state index contributed by atoms with van der Waals surface area (Å²) in [6.45, 7) is 7.63. The van der Waals surface area contributed by atoms with Gasteiger partial charge in [0.1, 0.15) is 17.5 Å². The van der Waals surface area contributed by atoms with Gasteiger partial charge in [-0.2, -0.15) is 0 Å². The lowest BCUT2D eigenvalue weighted by Gasteiger charge is -2.40. The van der Waals surface area contributed by atoms with E-state index < -0.39 is 23.1 Å². The number of rotatable bonds is 14. The van der Waals surface area contributed by atoms with E-state index in [1.165, 1.54) is 17.1 Å². The summed E-state index contributed by atoms with van der Waals surface area (Å²) < 4.78 is 31.0. The highest BCUT2D eigenvalue weighted by atomic mass is 19.1. The maximum Gasteiger partial charge on any atom is 0.253 e. The fourth-order valence-corrected chi connectivity index (χ4v) is 5.55.